The average Bonchev–Trinajstić information content (AvgIpc) is 2.43. The molecule has 0 heterocycles. The van der Waals surface area contributed by atoms with Crippen LogP contribution in [0.1, 0.15) is 43.5 Å². The summed E-state index contributed by atoms with van der Waals surface area (Å²) in [4.78, 5) is 12.3. The first-order valence-corrected chi connectivity index (χ1v) is 7.19. The number of benzene rings is 1. The van der Waals surface area contributed by atoms with Crippen LogP contribution in [0.3, 0.4) is 0 Å². The second-order valence-electron chi connectivity index (χ2n) is 5.79. The number of aromatic hydroxyl groups is 1. The molecule has 2 rings (SSSR count). The van der Waals surface area contributed by atoms with Gasteiger partial charge in [0.15, 0.2) is 11.5 Å². The Morgan fingerprint density at radius 1 is 1.30 bits per heavy atom. The minimum absolute atomic E-state index is 0.0928. The number of carbonyl (C=O) groups excluding carboxylic acids is 1. The van der Waals surface area contributed by atoms with Crippen molar-refractivity contribution in [2.75, 3.05) is 7.11 Å². The molecular weight excluding hydrogens is 254 g/mol. The lowest BCUT2D eigenvalue weighted by molar-refractivity contribution is 0.0907. The van der Waals surface area contributed by atoms with Crippen LogP contribution in [-0.2, 0) is 0 Å². The fourth-order valence-electron chi connectivity index (χ4n) is 2.81. The molecule has 0 aliphatic heterocycles. The lowest BCUT2D eigenvalue weighted by Crippen LogP contribution is -2.39. The zero-order valence-electron chi connectivity index (χ0n) is 12.3. The van der Waals surface area contributed by atoms with Crippen LogP contribution < -0.4 is 10.1 Å². The molecule has 3 unspecified atom stereocenters. The number of amides is 1. The number of para-hydroxylation sites is 1. The van der Waals surface area contributed by atoms with Gasteiger partial charge in [-0.05, 0) is 43.2 Å². The number of phenolic OH excluding ortho intramolecular Hbond substituents is 1. The minimum Gasteiger partial charge on any atom is -0.504 e. The van der Waals surface area contributed by atoms with Gasteiger partial charge in [-0.2, -0.15) is 0 Å². The van der Waals surface area contributed by atoms with E-state index in [0.29, 0.717) is 17.6 Å². The van der Waals surface area contributed by atoms with Crippen LogP contribution in [0.15, 0.2) is 18.2 Å². The monoisotopic (exact) mass is 277 g/mol. The van der Waals surface area contributed by atoms with Gasteiger partial charge in [-0.1, -0.05) is 19.9 Å². The van der Waals surface area contributed by atoms with Crippen molar-refractivity contribution in [2.45, 2.75) is 39.2 Å². The number of phenols is 1. The summed E-state index contributed by atoms with van der Waals surface area (Å²) in [5.74, 6) is 1.34. The summed E-state index contributed by atoms with van der Waals surface area (Å²) < 4.78 is 5.03. The third kappa shape index (κ3) is 3.06. The van der Waals surface area contributed by atoms with Crippen molar-refractivity contribution in [3.63, 3.8) is 0 Å². The standard InChI is InChI=1S/C16H23NO3/c1-10-7-8-12(9-11(10)2)17-16(19)13-5-4-6-14(20-3)15(13)18/h4-6,10-12,18H,7-9H2,1-3H3,(H,17,19). The van der Waals surface area contributed by atoms with Crippen LogP contribution in [0.4, 0.5) is 0 Å². The second-order valence-corrected chi connectivity index (χ2v) is 5.79. The molecule has 0 saturated heterocycles. The quantitative estimate of drug-likeness (QED) is 0.893. The highest BCUT2D eigenvalue weighted by Crippen LogP contribution is 2.31. The van der Waals surface area contributed by atoms with Crippen LogP contribution in [0.5, 0.6) is 11.5 Å². The molecule has 1 fully saturated rings. The first-order chi connectivity index (χ1) is 9.52. The lowest BCUT2D eigenvalue weighted by Gasteiger charge is -2.32. The summed E-state index contributed by atoms with van der Waals surface area (Å²) in [5.41, 5.74) is 0.274. The molecule has 3 atom stereocenters. The molecule has 0 radical (unpaired) electrons. The molecule has 4 nitrogen and oxygen atoms in total. The summed E-state index contributed by atoms with van der Waals surface area (Å²) in [7, 11) is 1.47. The van der Waals surface area contributed by atoms with E-state index in [0.717, 1.165) is 19.3 Å². The van der Waals surface area contributed by atoms with E-state index in [9.17, 15) is 9.90 Å². The van der Waals surface area contributed by atoms with E-state index in [1.807, 2.05) is 0 Å². The third-order valence-electron chi connectivity index (χ3n) is 4.40. The Morgan fingerprint density at radius 2 is 2.05 bits per heavy atom. The molecule has 0 spiro atoms. The lowest BCUT2D eigenvalue weighted by atomic mass is 9.79. The highest BCUT2D eigenvalue weighted by Gasteiger charge is 2.26. The molecule has 4 heteroatoms. The Bertz CT molecular complexity index is 487. The summed E-state index contributed by atoms with van der Waals surface area (Å²) in [6.07, 6.45) is 3.13. The normalized spacial score (nSPS) is 26.1. The van der Waals surface area contributed by atoms with E-state index in [2.05, 4.69) is 19.2 Å². The Kier molecular flexibility index (Phi) is 4.53. The van der Waals surface area contributed by atoms with E-state index in [1.54, 1.807) is 18.2 Å². The Hall–Kier alpha value is -1.71. The summed E-state index contributed by atoms with van der Waals surface area (Å²) in [6.45, 7) is 4.49. The van der Waals surface area contributed by atoms with Gasteiger partial charge >= 0.3 is 0 Å². The van der Waals surface area contributed by atoms with Crippen molar-refractivity contribution in [2.24, 2.45) is 11.8 Å². The van der Waals surface area contributed by atoms with Crippen molar-refractivity contribution in [1.82, 2.24) is 5.32 Å². The number of nitrogens with one attached hydrogen (secondary N) is 1. The predicted octanol–water partition coefficient (Wildman–Crippen LogP) is 2.96. The van der Waals surface area contributed by atoms with Crippen molar-refractivity contribution < 1.29 is 14.6 Å². The maximum atomic E-state index is 12.3. The van der Waals surface area contributed by atoms with Gasteiger partial charge in [-0.3, -0.25) is 4.79 Å². The zero-order chi connectivity index (χ0) is 14.7. The summed E-state index contributed by atoms with van der Waals surface area (Å²) in [5, 5.41) is 13.0. The zero-order valence-corrected chi connectivity index (χ0v) is 12.3. The largest absolute Gasteiger partial charge is 0.504 e. The maximum absolute atomic E-state index is 12.3. The number of hydrogen-bond acceptors (Lipinski definition) is 3. The first kappa shape index (κ1) is 14.7. The highest BCUT2D eigenvalue weighted by atomic mass is 16.5. The van der Waals surface area contributed by atoms with Gasteiger partial charge in [-0.15, -0.1) is 0 Å². The molecule has 2 N–H and O–H groups in total. The molecule has 1 saturated carbocycles. The first-order valence-electron chi connectivity index (χ1n) is 7.19. The molecule has 1 aliphatic carbocycles. The predicted molar refractivity (Wildman–Crippen MR) is 78.1 cm³/mol. The molecular formula is C16H23NO3. The van der Waals surface area contributed by atoms with Crippen LogP contribution in [0.25, 0.3) is 0 Å². The van der Waals surface area contributed by atoms with Gasteiger partial charge in [0.25, 0.3) is 5.91 Å². The Balaban J connectivity index is 2.05. The van der Waals surface area contributed by atoms with Crippen LogP contribution in [0.2, 0.25) is 0 Å². The van der Waals surface area contributed by atoms with Crippen LogP contribution in [-0.4, -0.2) is 24.2 Å². The van der Waals surface area contributed by atoms with Gasteiger partial charge < -0.3 is 15.2 Å². The molecule has 0 bridgehead atoms. The Morgan fingerprint density at radius 3 is 2.70 bits per heavy atom. The second kappa shape index (κ2) is 6.16. The van der Waals surface area contributed by atoms with Gasteiger partial charge in [-0.25, -0.2) is 0 Å². The molecule has 20 heavy (non-hydrogen) atoms. The number of carbonyl (C=O) groups is 1. The summed E-state index contributed by atoms with van der Waals surface area (Å²) in [6, 6.07) is 5.15. The number of rotatable bonds is 3. The molecule has 1 amide bonds. The molecule has 1 aliphatic rings. The van der Waals surface area contributed by atoms with Crippen molar-refractivity contribution >= 4 is 5.91 Å². The molecule has 1 aromatic rings. The van der Waals surface area contributed by atoms with Gasteiger partial charge in [0.1, 0.15) is 0 Å². The smallest absolute Gasteiger partial charge is 0.255 e. The van der Waals surface area contributed by atoms with Crippen molar-refractivity contribution in [3.8, 4) is 11.5 Å². The fourth-order valence-corrected chi connectivity index (χ4v) is 2.81. The van der Waals surface area contributed by atoms with Gasteiger partial charge in [0.2, 0.25) is 0 Å². The fraction of sp³-hybridized carbons (Fsp3) is 0.562. The Labute approximate surface area is 120 Å². The number of methoxy groups -OCH3 is 1. The van der Waals surface area contributed by atoms with Gasteiger partial charge in [0, 0.05) is 6.04 Å². The van der Waals surface area contributed by atoms with E-state index < -0.39 is 0 Å². The van der Waals surface area contributed by atoms with E-state index in [1.165, 1.54) is 7.11 Å². The van der Waals surface area contributed by atoms with Crippen molar-refractivity contribution in [1.29, 1.82) is 0 Å². The van der Waals surface area contributed by atoms with Crippen molar-refractivity contribution in [3.05, 3.63) is 23.8 Å². The topological polar surface area (TPSA) is 58.6 Å². The maximum Gasteiger partial charge on any atom is 0.255 e. The molecule has 110 valence electrons. The average molecular weight is 277 g/mol. The number of ether oxygens (including phenoxy) is 1. The highest BCUT2D eigenvalue weighted by molar-refractivity contribution is 5.97. The molecule has 0 aromatic heterocycles. The van der Waals surface area contributed by atoms with Crippen LogP contribution in [0, 0.1) is 11.8 Å². The minimum atomic E-state index is -0.229. The van der Waals surface area contributed by atoms with Gasteiger partial charge in [0.05, 0.1) is 12.7 Å². The van der Waals surface area contributed by atoms with E-state index >= 15 is 0 Å². The summed E-state index contributed by atoms with van der Waals surface area (Å²) >= 11 is 0. The molecule has 1 aromatic carbocycles. The number of hydrogen-bond donors (Lipinski definition) is 2. The van der Waals surface area contributed by atoms with E-state index in [-0.39, 0.29) is 23.3 Å². The van der Waals surface area contributed by atoms with Crippen LogP contribution >= 0.6 is 0 Å². The third-order valence-corrected chi connectivity index (χ3v) is 4.40. The SMILES string of the molecule is COc1cccc(C(=O)NC2CCC(C)C(C)C2)c1O. The van der Waals surface area contributed by atoms with E-state index in [4.69, 9.17) is 4.74 Å².